The molecule has 0 heterocycles. The fourth-order valence-electron chi connectivity index (χ4n) is 2.13. The molecule has 1 unspecified atom stereocenters. The normalized spacial score (nSPS) is 12.0. The van der Waals surface area contributed by atoms with Crippen molar-refractivity contribution in [2.24, 2.45) is 0 Å². The molecule has 0 aliphatic heterocycles. The summed E-state index contributed by atoms with van der Waals surface area (Å²) in [5, 5.41) is 13.0. The molecule has 106 valence electrons. The molecule has 0 aliphatic carbocycles. The Morgan fingerprint density at radius 2 is 2.05 bits per heavy atom. The second kappa shape index (κ2) is 6.77. The number of rotatable bonds is 5. The third kappa shape index (κ3) is 3.52. The van der Waals surface area contributed by atoms with Gasteiger partial charge in [0.1, 0.15) is 5.75 Å². The number of ether oxygens (including phenoxy) is 1. The van der Waals surface area contributed by atoms with Gasteiger partial charge in [-0.25, -0.2) is 0 Å². The molecule has 20 heavy (non-hydrogen) atoms. The van der Waals surface area contributed by atoms with Gasteiger partial charge in [-0.15, -0.1) is 0 Å². The van der Waals surface area contributed by atoms with Crippen molar-refractivity contribution < 1.29 is 9.84 Å². The Bertz CT molecular complexity index is 586. The molecule has 0 radical (unpaired) electrons. The fourth-order valence-corrected chi connectivity index (χ4v) is 2.53. The standard InChI is InChI=1S/C16H18BrNO2/c1-11-8-12(6-7-16(11)20-2)15(10-19)18-14-5-3-4-13(17)9-14/h3-9,15,18-19H,10H2,1-2H3. The lowest BCUT2D eigenvalue weighted by molar-refractivity contribution is 0.276. The van der Waals surface area contributed by atoms with Crippen LogP contribution in [0, 0.1) is 6.92 Å². The van der Waals surface area contributed by atoms with Crippen LogP contribution in [0.1, 0.15) is 17.2 Å². The predicted molar refractivity (Wildman–Crippen MR) is 85.3 cm³/mol. The van der Waals surface area contributed by atoms with Crippen molar-refractivity contribution in [2.75, 3.05) is 19.0 Å². The number of aliphatic hydroxyl groups is 1. The molecule has 4 heteroatoms. The maximum atomic E-state index is 9.62. The number of aliphatic hydroxyl groups excluding tert-OH is 1. The SMILES string of the molecule is COc1ccc(C(CO)Nc2cccc(Br)c2)cc1C. The molecule has 0 spiro atoms. The van der Waals surface area contributed by atoms with E-state index < -0.39 is 0 Å². The van der Waals surface area contributed by atoms with Gasteiger partial charge < -0.3 is 15.2 Å². The van der Waals surface area contributed by atoms with E-state index in [1.54, 1.807) is 7.11 Å². The molecular formula is C16H18BrNO2. The highest BCUT2D eigenvalue weighted by Gasteiger charge is 2.12. The summed E-state index contributed by atoms with van der Waals surface area (Å²) in [5.74, 6) is 0.855. The average Bonchev–Trinajstić information content (AvgIpc) is 2.44. The third-order valence-electron chi connectivity index (χ3n) is 3.17. The number of benzene rings is 2. The van der Waals surface area contributed by atoms with Crippen molar-refractivity contribution in [3.05, 3.63) is 58.1 Å². The average molecular weight is 336 g/mol. The van der Waals surface area contributed by atoms with E-state index >= 15 is 0 Å². The van der Waals surface area contributed by atoms with E-state index in [2.05, 4.69) is 21.2 Å². The minimum Gasteiger partial charge on any atom is -0.496 e. The van der Waals surface area contributed by atoms with Gasteiger partial charge in [0, 0.05) is 10.2 Å². The van der Waals surface area contributed by atoms with Gasteiger partial charge in [-0.3, -0.25) is 0 Å². The van der Waals surface area contributed by atoms with Gasteiger partial charge in [0.25, 0.3) is 0 Å². The van der Waals surface area contributed by atoms with Crippen LogP contribution in [0.25, 0.3) is 0 Å². The highest BCUT2D eigenvalue weighted by atomic mass is 79.9. The molecule has 0 saturated carbocycles. The molecule has 0 amide bonds. The van der Waals surface area contributed by atoms with E-state index in [0.29, 0.717) is 0 Å². The largest absolute Gasteiger partial charge is 0.496 e. The second-order valence-electron chi connectivity index (χ2n) is 4.62. The molecule has 0 aliphatic rings. The van der Waals surface area contributed by atoms with Crippen LogP contribution >= 0.6 is 15.9 Å². The zero-order valence-electron chi connectivity index (χ0n) is 11.6. The number of nitrogens with one attached hydrogen (secondary N) is 1. The zero-order chi connectivity index (χ0) is 14.5. The summed E-state index contributed by atoms with van der Waals surface area (Å²) in [4.78, 5) is 0. The first-order valence-corrected chi connectivity index (χ1v) is 7.21. The number of halogens is 1. The molecule has 0 bridgehead atoms. The maximum Gasteiger partial charge on any atom is 0.121 e. The van der Waals surface area contributed by atoms with Crippen LogP contribution in [0.4, 0.5) is 5.69 Å². The molecule has 2 N–H and O–H groups in total. The topological polar surface area (TPSA) is 41.5 Å². The van der Waals surface area contributed by atoms with E-state index in [1.807, 2.05) is 49.4 Å². The maximum absolute atomic E-state index is 9.62. The lowest BCUT2D eigenvalue weighted by atomic mass is 10.0. The Labute approximate surface area is 127 Å². The summed E-state index contributed by atoms with van der Waals surface area (Å²) in [6.45, 7) is 2.02. The Balaban J connectivity index is 2.22. The number of anilines is 1. The van der Waals surface area contributed by atoms with Crippen LogP contribution in [-0.2, 0) is 0 Å². The Hall–Kier alpha value is -1.52. The van der Waals surface area contributed by atoms with Gasteiger partial charge in [-0.2, -0.15) is 0 Å². The Morgan fingerprint density at radius 3 is 2.65 bits per heavy atom. The minimum atomic E-state index is -0.145. The van der Waals surface area contributed by atoms with Crippen LogP contribution in [0.2, 0.25) is 0 Å². The van der Waals surface area contributed by atoms with E-state index in [4.69, 9.17) is 4.74 Å². The van der Waals surface area contributed by atoms with Crippen molar-refractivity contribution in [1.82, 2.24) is 0 Å². The van der Waals surface area contributed by atoms with Crippen molar-refractivity contribution in [3.8, 4) is 5.75 Å². The van der Waals surface area contributed by atoms with Gasteiger partial charge in [0.15, 0.2) is 0 Å². The van der Waals surface area contributed by atoms with E-state index in [9.17, 15) is 5.11 Å². The molecule has 0 aromatic heterocycles. The van der Waals surface area contributed by atoms with E-state index in [0.717, 1.165) is 27.0 Å². The van der Waals surface area contributed by atoms with Gasteiger partial charge in [0.2, 0.25) is 0 Å². The second-order valence-corrected chi connectivity index (χ2v) is 5.53. The smallest absolute Gasteiger partial charge is 0.121 e. The number of hydrogen-bond acceptors (Lipinski definition) is 3. The predicted octanol–water partition coefficient (Wildman–Crippen LogP) is 3.91. The van der Waals surface area contributed by atoms with Crippen molar-refractivity contribution in [3.63, 3.8) is 0 Å². The first-order valence-electron chi connectivity index (χ1n) is 6.41. The summed E-state index contributed by atoms with van der Waals surface area (Å²) in [6.07, 6.45) is 0. The Kier molecular flexibility index (Phi) is 5.04. The van der Waals surface area contributed by atoms with Crippen molar-refractivity contribution in [1.29, 1.82) is 0 Å². The minimum absolute atomic E-state index is 0.0261. The molecule has 2 aromatic carbocycles. The fraction of sp³-hybridized carbons (Fsp3) is 0.250. The molecule has 0 fully saturated rings. The van der Waals surface area contributed by atoms with Crippen molar-refractivity contribution in [2.45, 2.75) is 13.0 Å². The number of methoxy groups -OCH3 is 1. The van der Waals surface area contributed by atoms with Crippen LogP contribution < -0.4 is 10.1 Å². The summed E-state index contributed by atoms with van der Waals surface area (Å²) in [7, 11) is 1.66. The molecule has 1 atom stereocenters. The van der Waals surface area contributed by atoms with Crippen LogP contribution in [0.3, 0.4) is 0 Å². The summed E-state index contributed by atoms with van der Waals surface area (Å²) in [6, 6.07) is 13.7. The first kappa shape index (κ1) is 14.9. The summed E-state index contributed by atoms with van der Waals surface area (Å²) < 4.78 is 6.26. The van der Waals surface area contributed by atoms with E-state index in [-0.39, 0.29) is 12.6 Å². The summed E-state index contributed by atoms with van der Waals surface area (Å²) >= 11 is 3.44. The van der Waals surface area contributed by atoms with Crippen LogP contribution in [-0.4, -0.2) is 18.8 Å². The number of hydrogen-bond donors (Lipinski definition) is 2. The highest BCUT2D eigenvalue weighted by molar-refractivity contribution is 9.10. The zero-order valence-corrected chi connectivity index (χ0v) is 13.1. The Morgan fingerprint density at radius 1 is 1.25 bits per heavy atom. The monoisotopic (exact) mass is 335 g/mol. The molecular weight excluding hydrogens is 318 g/mol. The highest BCUT2D eigenvalue weighted by Crippen LogP contribution is 2.26. The van der Waals surface area contributed by atoms with E-state index in [1.165, 1.54) is 0 Å². The summed E-state index contributed by atoms with van der Waals surface area (Å²) in [5.41, 5.74) is 3.05. The lowest BCUT2D eigenvalue weighted by Crippen LogP contribution is -2.15. The van der Waals surface area contributed by atoms with Gasteiger partial charge in [-0.1, -0.05) is 34.1 Å². The molecule has 0 saturated heterocycles. The van der Waals surface area contributed by atoms with Gasteiger partial charge in [0.05, 0.1) is 19.8 Å². The number of aryl methyl sites for hydroxylation is 1. The first-order chi connectivity index (χ1) is 9.63. The van der Waals surface area contributed by atoms with Gasteiger partial charge in [-0.05, 0) is 42.3 Å². The lowest BCUT2D eigenvalue weighted by Gasteiger charge is -2.19. The van der Waals surface area contributed by atoms with Gasteiger partial charge >= 0.3 is 0 Å². The third-order valence-corrected chi connectivity index (χ3v) is 3.66. The molecule has 3 nitrogen and oxygen atoms in total. The van der Waals surface area contributed by atoms with Crippen LogP contribution in [0.5, 0.6) is 5.75 Å². The van der Waals surface area contributed by atoms with Crippen LogP contribution in [0.15, 0.2) is 46.9 Å². The molecule has 2 rings (SSSR count). The molecule has 2 aromatic rings. The van der Waals surface area contributed by atoms with Crippen molar-refractivity contribution >= 4 is 21.6 Å². The quantitative estimate of drug-likeness (QED) is 0.870.